The molecule has 1 radical (unpaired) electrons. The van der Waals surface area contributed by atoms with Crippen molar-refractivity contribution in [2.24, 2.45) is 0 Å². The molecular formula is C5H5Ru2. The van der Waals surface area contributed by atoms with Crippen LogP contribution in [0.3, 0.4) is 0 Å². The van der Waals surface area contributed by atoms with Gasteiger partial charge in [0, 0.05) is 45.4 Å². The van der Waals surface area contributed by atoms with Crippen molar-refractivity contribution in [1.29, 1.82) is 0 Å². The maximum Gasteiger partial charge on any atom is 0.00506 e. The van der Waals surface area contributed by atoms with E-state index in [-0.39, 0.29) is 39.0 Å². The van der Waals surface area contributed by atoms with Gasteiger partial charge < -0.3 is 0 Å². The summed E-state index contributed by atoms with van der Waals surface area (Å²) in [5.74, 6) is 0. The van der Waals surface area contributed by atoms with E-state index < -0.39 is 0 Å². The largest absolute Gasteiger partial charge is 0.0767 e. The van der Waals surface area contributed by atoms with Crippen LogP contribution >= 0.6 is 0 Å². The van der Waals surface area contributed by atoms with Crippen LogP contribution in [0.25, 0.3) is 0 Å². The molecule has 1 aliphatic rings. The van der Waals surface area contributed by atoms with Crippen LogP contribution in [-0.2, 0) is 39.0 Å². The predicted octanol–water partition coefficient (Wildman–Crippen LogP) is 1.31. The third-order valence-corrected chi connectivity index (χ3v) is 0.556. The first-order chi connectivity index (χ1) is 2.50. The SMILES string of the molecule is [CH]1C=CC=C1.[Ru].[Ru]. The Morgan fingerprint density at radius 1 is 0.571 bits per heavy atom. The van der Waals surface area contributed by atoms with Gasteiger partial charge >= 0.3 is 0 Å². The summed E-state index contributed by atoms with van der Waals surface area (Å²) in [6.07, 6.45) is 10.0. The van der Waals surface area contributed by atoms with E-state index in [1.54, 1.807) is 0 Å². The molecule has 0 aliphatic heterocycles. The second kappa shape index (κ2) is 6.73. The van der Waals surface area contributed by atoms with E-state index >= 15 is 0 Å². The molecule has 7 heavy (non-hydrogen) atoms. The van der Waals surface area contributed by atoms with Crippen LogP contribution < -0.4 is 0 Å². The van der Waals surface area contributed by atoms with Crippen LogP contribution in [-0.4, -0.2) is 0 Å². The van der Waals surface area contributed by atoms with Crippen LogP contribution in [0.2, 0.25) is 0 Å². The van der Waals surface area contributed by atoms with Crippen molar-refractivity contribution in [3.63, 3.8) is 0 Å². The Kier molecular flexibility index (Phi) is 10.2. The average Bonchev–Trinajstić information content (AvgIpc) is 1.76. The Hall–Kier alpha value is 0.727. The van der Waals surface area contributed by atoms with Crippen molar-refractivity contribution in [1.82, 2.24) is 0 Å². The van der Waals surface area contributed by atoms with E-state index in [4.69, 9.17) is 0 Å². The second-order valence-corrected chi connectivity index (χ2v) is 0.962. The molecule has 1 rings (SSSR count). The number of allylic oxidation sites excluding steroid dienone is 4. The van der Waals surface area contributed by atoms with Crippen molar-refractivity contribution < 1.29 is 39.0 Å². The molecule has 41 valence electrons. The standard InChI is InChI=1S/C5H5.2Ru/c1-2-4-5-3-1;;/h1-5H;;. The molecule has 0 N–H and O–H groups in total. The summed E-state index contributed by atoms with van der Waals surface area (Å²) in [4.78, 5) is 0. The smallest absolute Gasteiger partial charge is 0.00506 e. The minimum Gasteiger partial charge on any atom is -0.0767 e. The van der Waals surface area contributed by atoms with E-state index in [1.807, 2.05) is 30.7 Å². The quantitative estimate of drug-likeness (QED) is 0.581. The first kappa shape index (κ1) is 10.7. The summed E-state index contributed by atoms with van der Waals surface area (Å²) >= 11 is 0. The molecule has 0 spiro atoms. The first-order valence-electron chi connectivity index (χ1n) is 1.67. The number of rotatable bonds is 0. The van der Waals surface area contributed by atoms with Gasteiger partial charge in [-0.05, 0) is 0 Å². The van der Waals surface area contributed by atoms with Gasteiger partial charge in [-0.25, -0.2) is 0 Å². The summed E-state index contributed by atoms with van der Waals surface area (Å²) in [6.45, 7) is 0. The zero-order chi connectivity index (χ0) is 3.54. The van der Waals surface area contributed by atoms with E-state index in [0.717, 1.165) is 0 Å². The minimum atomic E-state index is 0. The van der Waals surface area contributed by atoms with Crippen LogP contribution in [0.15, 0.2) is 24.3 Å². The average molecular weight is 267 g/mol. The van der Waals surface area contributed by atoms with Crippen molar-refractivity contribution in [2.75, 3.05) is 0 Å². The zero-order valence-electron chi connectivity index (χ0n) is 3.59. The molecule has 0 saturated carbocycles. The maximum absolute atomic E-state index is 2.00. The maximum atomic E-state index is 2.00. The summed E-state index contributed by atoms with van der Waals surface area (Å²) in [5, 5.41) is 0. The minimum absolute atomic E-state index is 0. The van der Waals surface area contributed by atoms with E-state index in [0.29, 0.717) is 0 Å². The van der Waals surface area contributed by atoms with Crippen LogP contribution in [0.5, 0.6) is 0 Å². The molecular weight excluding hydrogens is 262 g/mol. The summed E-state index contributed by atoms with van der Waals surface area (Å²) in [6, 6.07) is 0. The Balaban J connectivity index is 0. The van der Waals surface area contributed by atoms with Gasteiger partial charge in [0.05, 0.1) is 0 Å². The van der Waals surface area contributed by atoms with E-state index in [1.165, 1.54) is 0 Å². The van der Waals surface area contributed by atoms with Crippen molar-refractivity contribution in [2.45, 2.75) is 0 Å². The molecule has 1 aliphatic carbocycles. The fourth-order valence-electron chi connectivity index (χ4n) is 0.321. The van der Waals surface area contributed by atoms with Gasteiger partial charge in [-0.15, -0.1) is 0 Å². The monoisotopic (exact) mass is 269 g/mol. The summed E-state index contributed by atoms with van der Waals surface area (Å²) in [5.41, 5.74) is 0. The third-order valence-electron chi connectivity index (χ3n) is 0.556. The first-order valence-corrected chi connectivity index (χ1v) is 1.67. The van der Waals surface area contributed by atoms with Crippen LogP contribution in [0.1, 0.15) is 0 Å². The molecule has 0 aromatic rings. The Morgan fingerprint density at radius 2 is 1.00 bits per heavy atom. The molecule has 0 nitrogen and oxygen atoms in total. The van der Waals surface area contributed by atoms with Gasteiger partial charge in [0.1, 0.15) is 0 Å². The fraction of sp³-hybridized carbons (Fsp3) is 0. The molecule has 0 aromatic heterocycles. The second-order valence-electron chi connectivity index (χ2n) is 0.962. The number of hydrogen-bond acceptors (Lipinski definition) is 0. The molecule has 0 fully saturated rings. The van der Waals surface area contributed by atoms with Gasteiger partial charge in [0.25, 0.3) is 0 Å². The molecule has 0 heterocycles. The summed E-state index contributed by atoms with van der Waals surface area (Å²) < 4.78 is 0. The van der Waals surface area contributed by atoms with Gasteiger partial charge in [-0.2, -0.15) is 0 Å². The molecule has 0 bridgehead atoms. The van der Waals surface area contributed by atoms with Crippen molar-refractivity contribution >= 4 is 0 Å². The topological polar surface area (TPSA) is 0 Å². The fourth-order valence-corrected chi connectivity index (χ4v) is 0.321. The van der Waals surface area contributed by atoms with Gasteiger partial charge in [0.15, 0.2) is 0 Å². The predicted molar refractivity (Wildman–Crippen MR) is 22.6 cm³/mol. The Bertz CT molecular complexity index is 64.1. The van der Waals surface area contributed by atoms with E-state index in [2.05, 4.69) is 0 Å². The number of hydrogen-bond donors (Lipinski definition) is 0. The van der Waals surface area contributed by atoms with Gasteiger partial charge in [0.2, 0.25) is 0 Å². The molecule has 2 heteroatoms. The summed E-state index contributed by atoms with van der Waals surface area (Å²) in [7, 11) is 0. The molecule has 0 unspecified atom stereocenters. The molecule has 0 aromatic carbocycles. The Morgan fingerprint density at radius 3 is 1.14 bits per heavy atom. The van der Waals surface area contributed by atoms with Gasteiger partial charge in [-0.1, -0.05) is 24.3 Å². The van der Waals surface area contributed by atoms with Gasteiger partial charge in [-0.3, -0.25) is 0 Å². The van der Waals surface area contributed by atoms with Crippen molar-refractivity contribution in [3.05, 3.63) is 30.7 Å². The van der Waals surface area contributed by atoms with Crippen LogP contribution in [0, 0.1) is 6.42 Å². The van der Waals surface area contributed by atoms with Crippen molar-refractivity contribution in [3.8, 4) is 0 Å². The van der Waals surface area contributed by atoms with E-state index in [9.17, 15) is 0 Å². The zero-order valence-corrected chi connectivity index (χ0v) is 7.07. The molecule has 0 saturated heterocycles. The third kappa shape index (κ3) is 4.58. The molecule has 0 amide bonds. The Labute approximate surface area is 69.6 Å². The normalized spacial score (nSPS) is 12.6. The molecule has 0 atom stereocenters. The van der Waals surface area contributed by atoms with Crippen LogP contribution in [0.4, 0.5) is 0 Å².